The Balaban J connectivity index is 3.08. The number of nitrogens with one attached hydrogen (secondary N) is 1. The molecular weight excluding hydrogens is 321 g/mol. The molecule has 22 heavy (non-hydrogen) atoms. The van der Waals surface area contributed by atoms with Crippen molar-refractivity contribution >= 4 is 23.7 Å². The van der Waals surface area contributed by atoms with Gasteiger partial charge in [-0.05, 0) is 26.1 Å². The molecule has 124 valence electrons. The summed E-state index contributed by atoms with van der Waals surface area (Å²) in [6, 6.07) is -1.11. The maximum Gasteiger partial charge on any atom is 0.491 e. The van der Waals surface area contributed by atoms with Gasteiger partial charge < -0.3 is 10.1 Å². The Bertz CT molecular complexity index is 539. The van der Waals surface area contributed by atoms with Crippen LogP contribution in [0.3, 0.4) is 0 Å². The van der Waals surface area contributed by atoms with Crippen LogP contribution in [-0.2, 0) is 11.0 Å². The fraction of sp³-hybridized carbons (Fsp3) is 0.667. The fourth-order valence-electron chi connectivity index (χ4n) is 1.60. The topological polar surface area (TPSA) is 69.0 Å². The number of alkyl carbamates (subject to hydrolysis) is 1. The van der Waals surface area contributed by atoms with Crippen LogP contribution in [0, 0.1) is 5.92 Å². The molecule has 0 saturated carbocycles. The van der Waals surface area contributed by atoms with Crippen molar-refractivity contribution in [3.05, 3.63) is 12.2 Å². The molecule has 2 unspecified atom stereocenters. The number of halogens is 3. The van der Waals surface area contributed by atoms with Crippen LogP contribution < -0.4 is 5.32 Å². The zero-order chi connectivity index (χ0) is 17.1. The number of rotatable bonds is 4. The highest BCUT2D eigenvalue weighted by atomic mass is 32.1. The molecule has 10 heteroatoms. The normalized spacial score (nSPS) is 15.0. The van der Waals surface area contributed by atoms with Crippen molar-refractivity contribution in [1.29, 1.82) is 0 Å². The van der Waals surface area contributed by atoms with E-state index in [1.807, 2.05) is 0 Å². The van der Waals surface area contributed by atoms with Gasteiger partial charge in [-0.2, -0.15) is 0 Å². The maximum absolute atomic E-state index is 12.9. The number of hydrogen-bond donors (Lipinski definition) is 1. The van der Waals surface area contributed by atoms with Gasteiger partial charge in [-0.15, -0.1) is 23.4 Å². The maximum atomic E-state index is 12.9. The average Bonchev–Trinajstić information content (AvgIpc) is 2.81. The van der Waals surface area contributed by atoms with E-state index in [2.05, 4.69) is 15.5 Å². The second-order valence-electron chi connectivity index (χ2n) is 5.65. The number of thiocarbonyl (C=S) groups is 1. The number of amides is 1. The summed E-state index contributed by atoms with van der Waals surface area (Å²) in [5.41, 5.74) is -0.784. The molecule has 0 spiro atoms. The number of ether oxygens (including phenoxy) is 1. The quantitative estimate of drug-likeness (QED) is 0.855. The molecule has 0 aliphatic rings. The molecule has 1 heterocycles. The van der Waals surface area contributed by atoms with E-state index in [-0.39, 0.29) is 4.57 Å². The minimum Gasteiger partial charge on any atom is -0.444 e. The number of nitrogens with zero attached hydrogens (tertiary/aromatic N) is 3. The smallest absolute Gasteiger partial charge is 0.444 e. The highest BCUT2D eigenvalue weighted by Gasteiger charge is 2.38. The van der Waals surface area contributed by atoms with Crippen molar-refractivity contribution < 1.29 is 22.7 Å². The van der Waals surface area contributed by atoms with Crippen molar-refractivity contribution in [3.8, 4) is 0 Å². The molecule has 1 aromatic rings. The van der Waals surface area contributed by atoms with Gasteiger partial charge in [-0.25, -0.2) is 9.36 Å². The van der Waals surface area contributed by atoms with Crippen LogP contribution in [0.1, 0.15) is 39.6 Å². The Hall–Kier alpha value is -1.71. The first-order valence-corrected chi connectivity index (χ1v) is 6.85. The fourth-order valence-corrected chi connectivity index (χ4v) is 1.75. The number of carbonyl (C=O) groups excluding carboxylic acids is 1. The Kier molecular flexibility index (Phi) is 5.49. The van der Waals surface area contributed by atoms with Gasteiger partial charge in [0.05, 0.1) is 6.04 Å². The minimum absolute atomic E-state index is 0.0651. The third-order valence-electron chi connectivity index (χ3n) is 2.54. The van der Waals surface area contributed by atoms with Gasteiger partial charge in [0.25, 0.3) is 0 Å². The largest absolute Gasteiger partial charge is 0.491 e. The Morgan fingerprint density at radius 2 is 2.05 bits per heavy atom. The van der Waals surface area contributed by atoms with Crippen molar-refractivity contribution in [2.75, 3.05) is 0 Å². The van der Waals surface area contributed by atoms with Gasteiger partial charge in [-0.1, -0.05) is 19.1 Å². The summed E-state index contributed by atoms with van der Waals surface area (Å²) in [7, 11) is 0. The van der Waals surface area contributed by atoms with E-state index in [1.165, 1.54) is 5.37 Å². The van der Waals surface area contributed by atoms with Crippen LogP contribution in [0.15, 0.2) is 6.33 Å². The third-order valence-corrected chi connectivity index (χ3v) is 2.97. The van der Waals surface area contributed by atoms with Crippen LogP contribution in [0.5, 0.6) is 0 Å². The monoisotopic (exact) mass is 338 g/mol. The molecule has 0 fully saturated rings. The number of carbonyl (C=O) groups is 1. The lowest BCUT2D eigenvalue weighted by molar-refractivity contribution is -0.206. The Morgan fingerprint density at radius 1 is 1.45 bits per heavy atom. The number of hydrogen-bond acceptors (Lipinski definition) is 5. The Labute approximate surface area is 131 Å². The summed E-state index contributed by atoms with van der Waals surface area (Å²) in [5, 5.41) is 10.3. The first-order chi connectivity index (χ1) is 9.95. The second-order valence-corrected chi connectivity index (χ2v) is 5.92. The van der Waals surface area contributed by atoms with E-state index in [9.17, 15) is 18.0 Å². The lowest BCUT2D eigenvalue weighted by Crippen LogP contribution is -2.39. The van der Waals surface area contributed by atoms with Crippen LogP contribution >= 0.6 is 12.2 Å². The predicted octanol–water partition coefficient (Wildman–Crippen LogP) is 2.96. The molecular formula is C12H17F3N4O2S. The van der Waals surface area contributed by atoms with E-state index in [0.717, 1.165) is 0 Å². The molecule has 1 aromatic heterocycles. The SMILES string of the molecule is CC(C=S)C(NC(=O)OC(C)(C)C)c1nncn1C(F)(F)F. The highest BCUT2D eigenvalue weighted by molar-refractivity contribution is 7.79. The molecule has 2 atom stereocenters. The van der Waals surface area contributed by atoms with Gasteiger partial charge in [0.1, 0.15) is 11.9 Å². The Morgan fingerprint density at radius 3 is 2.50 bits per heavy atom. The molecule has 0 aliphatic carbocycles. The lowest BCUT2D eigenvalue weighted by atomic mass is 10.0. The van der Waals surface area contributed by atoms with Gasteiger partial charge in [-0.3, -0.25) is 0 Å². The van der Waals surface area contributed by atoms with E-state index >= 15 is 0 Å². The van der Waals surface area contributed by atoms with E-state index < -0.39 is 35.8 Å². The first kappa shape index (κ1) is 18.3. The minimum atomic E-state index is -4.70. The number of alkyl halides is 3. The first-order valence-electron chi connectivity index (χ1n) is 6.37. The molecule has 0 aliphatic heterocycles. The molecule has 1 amide bonds. The molecule has 0 aromatic carbocycles. The summed E-state index contributed by atoms with van der Waals surface area (Å²) >= 11 is 4.77. The molecule has 6 nitrogen and oxygen atoms in total. The predicted molar refractivity (Wildman–Crippen MR) is 76.2 cm³/mol. The van der Waals surface area contributed by atoms with Crippen molar-refractivity contribution in [1.82, 2.24) is 20.1 Å². The van der Waals surface area contributed by atoms with Crippen molar-refractivity contribution in [3.63, 3.8) is 0 Å². The number of aromatic nitrogens is 3. The zero-order valence-corrected chi connectivity index (χ0v) is 13.3. The van der Waals surface area contributed by atoms with E-state index in [4.69, 9.17) is 17.0 Å². The van der Waals surface area contributed by atoms with Crippen LogP contribution in [0.4, 0.5) is 18.0 Å². The summed E-state index contributed by atoms with van der Waals surface area (Å²) in [6.45, 7) is 6.48. The molecule has 0 saturated heterocycles. The zero-order valence-electron chi connectivity index (χ0n) is 12.5. The lowest BCUT2D eigenvalue weighted by Gasteiger charge is -2.25. The van der Waals surface area contributed by atoms with Gasteiger partial charge >= 0.3 is 12.4 Å². The molecule has 0 bridgehead atoms. The van der Waals surface area contributed by atoms with Gasteiger partial charge in [0.15, 0.2) is 5.82 Å². The van der Waals surface area contributed by atoms with Gasteiger partial charge in [0.2, 0.25) is 0 Å². The van der Waals surface area contributed by atoms with Crippen LogP contribution in [0.25, 0.3) is 0 Å². The van der Waals surface area contributed by atoms with Gasteiger partial charge in [0, 0.05) is 5.92 Å². The molecule has 1 N–H and O–H groups in total. The van der Waals surface area contributed by atoms with Crippen molar-refractivity contribution in [2.45, 2.75) is 45.6 Å². The average molecular weight is 338 g/mol. The summed E-state index contributed by atoms with van der Waals surface area (Å²) in [6.07, 6.45) is -5.03. The second kappa shape index (κ2) is 6.59. The standard InChI is InChI=1S/C12H17F3N4O2S/c1-7(5-22)8(17-10(20)21-11(2,3)4)9-18-16-6-19(9)12(13,14)15/h5-8H,1-4H3,(H,17,20). The summed E-state index contributed by atoms with van der Waals surface area (Å²) < 4.78 is 43.7. The third kappa shape index (κ3) is 4.93. The summed E-state index contributed by atoms with van der Waals surface area (Å²) in [5.74, 6) is -1.06. The molecule has 1 rings (SSSR count). The van der Waals surface area contributed by atoms with Crippen molar-refractivity contribution in [2.24, 2.45) is 5.92 Å². The summed E-state index contributed by atoms with van der Waals surface area (Å²) in [4.78, 5) is 11.8. The highest BCUT2D eigenvalue weighted by Crippen LogP contribution is 2.28. The molecule has 0 radical (unpaired) electrons. The van der Waals surface area contributed by atoms with E-state index in [0.29, 0.717) is 6.33 Å². The van der Waals surface area contributed by atoms with Crippen LogP contribution in [0.2, 0.25) is 0 Å². The van der Waals surface area contributed by atoms with E-state index in [1.54, 1.807) is 27.7 Å². The van der Waals surface area contributed by atoms with Crippen LogP contribution in [-0.4, -0.2) is 31.8 Å².